The molecular formula is C16H10ClF3N4O2. The number of alkyl halides is 3. The van der Waals surface area contributed by atoms with Crippen molar-refractivity contribution in [1.82, 2.24) is 15.6 Å². The molecule has 0 aliphatic carbocycles. The maximum absolute atomic E-state index is 12.5. The molecule has 26 heavy (non-hydrogen) atoms. The van der Waals surface area contributed by atoms with E-state index in [9.17, 15) is 18.0 Å². The highest BCUT2D eigenvalue weighted by Gasteiger charge is 2.30. The third-order valence-corrected chi connectivity index (χ3v) is 3.54. The van der Waals surface area contributed by atoms with Gasteiger partial charge in [0.05, 0.1) is 5.56 Å². The van der Waals surface area contributed by atoms with Crippen molar-refractivity contribution in [3.63, 3.8) is 0 Å². The number of aromatic nitrogens is 2. The van der Waals surface area contributed by atoms with E-state index in [4.69, 9.17) is 16.1 Å². The zero-order chi connectivity index (χ0) is 18.7. The molecule has 0 unspecified atom stereocenters. The van der Waals surface area contributed by atoms with Gasteiger partial charge in [0.2, 0.25) is 5.82 Å². The number of hydrogen-bond acceptors (Lipinski definition) is 5. The van der Waals surface area contributed by atoms with Crippen molar-refractivity contribution in [2.24, 2.45) is 0 Å². The maximum Gasteiger partial charge on any atom is 0.416 e. The molecule has 0 radical (unpaired) electrons. The monoisotopic (exact) mass is 382 g/mol. The number of anilines is 1. The van der Waals surface area contributed by atoms with Crippen molar-refractivity contribution in [3.8, 4) is 11.4 Å². The SMILES string of the molecule is O=C(NNc1nc(-c2ccc(Cl)cc2)no1)c1ccc(C(F)(F)F)cc1. The largest absolute Gasteiger partial charge is 0.416 e. The van der Waals surface area contributed by atoms with Gasteiger partial charge in [-0.25, -0.2) is 5.43 Å². The number of benzene rings is 2. The third kappa shape index (κ3) is 4.12. The Labute approximate surface area is 149 Å². The molecule has 0 fully saturated rings. The lowest BCUT2D eigenvalue weighted by Crippen LogP contribution is -2.29. The molecule has 3 rings (SSSR count). The Hall–Kier alpha value is -3.07. The topological polar surface area (TPSA) is 80.0 Å². The van der Waals surface area contributed by atoms with Crippen LogP contribution in [0.1, 0.15) is 15.9 Å². The summed E-state index contributed by atoms with van der Waals surface area (Å²) in [4.78, 5) is 16.0. The number of nitrogens with zero attached hydrogens (tertiary/aromatic N) is 2. The van der Waals surface area contributed by atoms with Gasteiger partial charge in [-0.05, 0) is 48.5 Å². The van der Waals surface area contributed by atoms with Crippen molar-refractivity contribution in [1.29, 1.82) is 0 Å². The third-order valence-electron chi connectivity index (χ3n) is 3.29. The highest BCUT2D eigenvalue weighted by Crippen LogP contribution is 2.29. The fourth-order valence-electron chi connectivity index (χ4n) is 1.98. The number of carbonyl (C=O) groups is 1. The standard InChI is InChI=1S/C16H10ClF3N4O2/c17-12-7-3-9(4-8-12)13-21-15(26-24-13)23-22-14(25)10-1-5-11(6-2-10)16(18,19)20/h1-8H,(H,22,25)(H,21,23,24). The molecule has 3 aromatic rings. The Morgan fingerprint density at radius 3 is 2.31 bits per heavy atom. The molecule has 2 aromatic carbocycles. The minimum absolute atomic E-state index is 0.0305. The van der Waals surface area contributed by atoms with E-state index in [1.165, 1.54) is 0 Å². The average Bonchev–Trinajstić information content (AvgIpc) is 3.08. The van der Waals surface area contributed by atoms with Gasteiger partial charge in [0.15, 0.2) is 0 Å². The van der Waals surface area contributed by atoms with E-state index in [0.717, 1.165) is 24.3 Å². The van der Waals surface area contributed by atoms with Crippen molar-refractivity contribution >= 4 is 23.5 Å². The maximum atomic E-state index is 12.5. The first-order chi connectivity index (χ1) is 12.3. The fourth-order valence-corrected chi connectivity index (χ4v) is 2.11. The number of amides is 1. The summed E-state index contributed by atoms with van der Waals surface area (Å²) in [6.45, 7) is 0. The lowest BCUT2D eigenvalue weighted by molar-refractivity contribution is -0.137. The summed E-state index contributed by atoms with van der Waals surface area (Å²) >= 11 is 5.80. The Balaban J connectivity index is 1.62. The number of nitrogens with one attached hydrogen (secondary N) is 2. The molecule has 10 heteroatoms. The van der Waals surface area contributed by atoms with Crippen LogP contribution < -0.4 is 10.9 Å². The molecule has 0 aliphatic rings. The Kier molecular flexibility index (Phi) is 4.81. The second-order valence-electron chi connectivity index (χ2n) is 5.08. The quantitative estimate of drug-likeness (QED) is 0.662. The second kappa shape index (κ2) is 7.04. The van der Waals surface area contributed by atoms with Gasteiger partial charge in [-0.3, -0.25) is 10.2 Å². The zero-order valence-corrected chi connectivity index (χ0v) is 13.6. The predicted octanol–water partition coefficient (Wildman–Crippen LogP) is 4.17. The Bertz CT molecular complexity index is 908. The van der Waals surface area contributed by atoms with E-state index in [2.05, 4.69) is 21.0 Å². The van der Waals surface area contributed by atoms with Crippen LogP contribution in [0.4, 0.5) is 19.2 Å². The first-order valence-corrected chi connectivity index (χ1v) is 7.54. The molecule has 1 amide bonds. The van der Waals surface area contributed by atoms with Crippen LogP contribution in [0.15, 0.2) is 53.1 Å². The van der Waals surface area contributed by atoms with E-state index < -0.39 is 17.6 Å². The second-order valence-corrected chi connectivity index (χ2v) is 5.52. The molecule has 0 saturated carbocycles. The van der Waals surface area contributed by atoms with Gasteiger partial charge in [-0.15, -0.1) is 0 Å². The van der Waals surface area contributed by atoms with Crippen LogP contribution in [0.5, 0.6) is 0 Å². The number of halogens is 4. The first-order valence-electron chi connectivity index (χ1n) is 7.16. The molecule has 0 spiro atoms. The molecule has 0 atom stereocenters. The minimum atomic E-state index is -4.46. The Morgan fingerprint density at radius 1 is 1.04 bits per heavy atom. The molecule has 0 bridgehead atoms. The highest BCUT2D eigenvalue weighted by atomic mass is 35.5. The van der Waals surface area contributed by atoms with Crippen LogP contribution in [-0.4, -0.2) is 16.0 Å². The molecule has 2 N–H and O–H groups in total. The smallest absolute Gasteiger partial charge is 0.313 e. The Morgan fingerprint density at radius 2 is 1.69 bits per heavy atom. The fraction of sp³-hybridized carbons (Fsp3) is 0.0625. The van der Waals surface area contributed by atoms with Gasteiger partial charge in [-0.2, -0.15) is 18.2 Å². The molecule has 0 saturated heterocycles. The van der Waals surface area contributed by atoms with Crippen LogP contribution in [0.3, 0.4) is 0 Å². The summed E-state index contributed by atoms with van der Waals surface area (Å²) < 4.78 is 42.5. The molecule has 1 aromatic heterocycles. The van der Waals surface area contributed by atoms with Crippen LogP contribution in [0, 0.1) is 0 Å². The summed E-state index contributed by atoms with van der Waals surface area (Å²) in [5, 5.41) is 4.29. The van der Waals surface area contributed by atoms with Crippen molar-refractivity contribution in [2.45, 2.75) is 6.18 Å². The number of hydrogen-bond donors (Lipinski definition) is 2. The molecule has 6 nitrogen and oxygen atoms in total. The van der Waals surface area contributed by atoms with Crippen LogP contribution in [0.2, 0.25) is 5.02 Å². The van der Waals surface area contributed by atoms with E-state index in [0.29, 0.717) is 10.6 Å². The zero-order valence-electron chi connectivity index (χ0n) is 12.8. The lowest BCUT2D eigenvalue weighted by atomic mass is 10.1. The normalized spacial score (nSPS) is 11.2. The van der Waals surface area contributed by atoms with Crippen LogP contribution in [0.25, 0.3) is 11.4 Å². The van der Waals surface area contributed by atoms with E-state index >= 15 is 0 Å². The number of rotatable bonds is 4. The van der Waals surface area contributed by atoms with Gasteiger partial charge < -0.3 is 4.52 Å². The van der Waals surface area contributed by atoms with Crippen LogP contribution >= 0.6 is 11.6 Å². The minimum Gasteiger partial charge on any atom is -0.313 e. The van der Waals surface area contributed by atoms with Crippen LogP contribution in [-0.2, 0) is 6.18 Å². The number of carbonyl (C=O) groups excluding carboxylic acids is 1. The van der Waals surface area contributed by atoms with E-state index in [1.807, 2.05) is 0 Å². The van der Waals surface area contributed by atoms with Crippen molar-refractivity contribution in [2.75, 3.05) is 5.43 Å². The molecule has 1 heterocycles. The first kappa shape index (κ1) is 17.7. The van der Waals surface area contributed by atoms with Crippen molar-refractivity contribution in [3.05, 3.63) is 64.7 Å². The summed E-state index contributed by atoms with van der Waals surface area (Å²) in [5.74, 6) is -0.391. The van der Waals surface area contributed by atoms with Crippen molar-refractivity contribution < 1.29 is 22.5 Å². The lowest BCUT2D eigenvalue weighted by Gasteiger charge is -2.08. The van der Waals surface area contributed by atoms with E-state index in [1.54, 1.807) is 24.3 Å². The molecule has 0 aliphatic heterocycles. The number of hydrazine groups is 1. The van der Waals surface area contributed by atoms with Gasteiger partial charge >= 0.3 is 12.2 Å². The van der Waals surface area contributed by atoms with Gasteiger partial charge in [0, 0.05) is 16.1 Å². The summed E-state index contributed by atoms with van der Waals surface area (Å²) in [6, 6.07) is 10.4. The summed E-state index contributed by atoms with van der Waals surface area (Å²) in [6.07, 6.45) is -4.46. The highest BCUT2D eigenvalue weighted by molar-refractivity contribution is 6.30. The average molecular weight is 383 g/mol. The summed E-state index contributed by atoms with van der Waals surface area (Å²) in [5.41, 5.74) is 4.50. The van der Waals surface area contributed by atoms with Gasteiger partial charge in [-0.1, -0.05) is 16.8 Å². The van der Waals surface area contributed by atoms with Gasteiger partial charge in [0.1, 0.15) is 0 Å². The van der Waals surface area contributed by atoms with E-state index in [-0.39, 0.29) is 17.4 Å². The molecule has 134 valence electrons. The van der Waals surface area contributed by atoms with Gasteiger partial charge in [0.25, 0.3) is 5.91 Å². The predicted molar refractivity (Wildman–Crippen MR) is 87.3 cm³/mol. The summed E-state index contributed by atoms with van der Waals surface area (Å²) in [7, 11) is 0. The molecular weight excluding hydrogens is 373 g/mol.